The Kier molecular flexibility index (Phi) is 5.21. The van der Waals surface area contributed by atoms with Crippen molar-refractivity contribution in [3.63, 3.8) is 0 Å². The lowest BCUT2D eigenvalue weighted by Gasteiger charge is -2.11. The van der Waals surface area contributed by atoms with Crippen LogP contribution in [0.5, 0.6) is 0 Å². The molecule has 0 fully saturated rings. The summed E-state index contributed by atoms with van der Waals surface area (Å²) in [6, 6.07) is 16.4. The minimum Gasteiger partial charge on any atom is -0.264 e. The molecule has 0 N–H and O–H groups in total. The highest BCUT2D eigenvalue weighted by Crippen LogP contribution is 2.32. The second-order valence-electron chi connectivity index (χ2n) is 6.75. The van der Waals surface area contributed by atoms with Gasteiger partial charge in [0.15, 0.2) is 5.01 Å². The number of amides is 1. The molecule has 5 aromatic rings. The molecule has 0 aliphatic carbocycles. The fourth-order valence-electron chi connectivity index (χ4n) is 2.98. The lowest BCUT2D eigenvalue weighted by Crippen LogP contribution is -2.25. The third-order valence-electron chi connectivity index (χ3n) is 4.48. The predicted octanol–water partition coefficient (Wildman–Crippen LogP) is 5.87. The Labute approximate surface area is 193 Å². The number of thiazole rings is 2. The fourth-order valence-corrected chi connectivity index (χ4v) is 5.58. The van der Waals surface area contributed by atoms with E-state index >= 15 is 0 Å². The van der Waals surface area contributed by atoms with E-state index in [0.29, 0.717) is 10.0 Å². The Morgan fingerprint density at radius 1 is 1.03 bits per heavy atom. The van der Waals surface area contributed by atoms with Crippen LogP contribution in [0, 0.1) is 17.0 Å². The van der Waals surface area contributed by atoms with Crippen molar-refractivity contribution in [2.24, 2.45) is 5.10 Å². The Balaban J connectivity index is 1.57. The van der Waals surface area contributed by atoms with E-state index in [0.717, 1.165) is 37.3 Å². The topological polar surface area (TPSA) is 102 Å². The van der Waals surface area contributed by atoms with E-state index in [2.05, 4.69) is 15.1 Å². The molecule has 8 nitrogen and oxygen atoms in total. The van der Waals surface area contributed by atoms with Crippen molar-refractivity contribution >= 4 is 76.7 Å². The van der Waals surface area contributed by atoms with Gasteiger partial charge in [-0.25, -0.2) is 9.97 Å². The molecular weight excluding hydrogens is 466 g/mol. The Bertz CT molecular complexity index is 1480. The van der Waals surface area contributed by atoms with Gasteiger partial charge >= 0.3 is 10.9 Å². The maximum Gasteiger partial charge on any atom is 0.324 e. The van der Waals surface area contributed by atoms with E-state index in [1.165, 1.54) is 40.0 Å². The van der Waals surface area contributed by atoms with Crippen LogP contribution in [0.15, 0.2) is 59.7 Å². The molecule has 0 saturated carbocycles. The van der Waals surface area contributed by atoms with Gasteiger partial charge in [0, 0.05) is 6.07 Å². The van der Waals surface area contributed by atoms with Gasteiger partial charge in [0.1, 0.15) is 0 Å². The number of hydrogen-bond acceptors (Lipinski definition) is 9. The molecule has 158 valence electrons. The summed E-state index contributed by atoms with van der Waals surface area (Å²) in [7, 11) is 0. The molecular formula is C21H13N5O3S3. The number of carbonyl (C=O) groups excluding carboxylic acids is 1. The summed E-state index contributed by atoms with van der Waals surface area (Å²) < 4.78 is 1.83. The van der Waals surface area contributed by atoms with Crippen molar-refractivity contribution in [3.05, 3.63) is 80.2 Å². The van der Waals surface area contributed by atoms with Gasteiger partial charge < -0.3 is 0 Å². The predicted molar refractivity (Wildman–Crippen MR) is 129 cm³/mol. The van der Waals surface area contributed by atoms with E-state index in [1.54, 1.807) is 6.07 Å². The van der Waals surface area contributed by atoms with Crippen LogP contribution >= 0.6 is 34.0 Å². The highest BCUT2D eigenvalue weighted by molar-refractivity contribution is 7.23. The molecule has 0 aliphatic heterocycles. The van der Waals surface area contributed by atoms with E-state index in [-0.39, 0.29) is 10.0 Å². The maximum absolute atomic E-state index is 13.4. The highest BCUT2D eigenvalue weighted by atomic mass is 32.1. The Morgan fingerprint density at radius 2 is 1.84 bits per heavy atom. The summed E-state index contributed by atoms with van der Waals surface area (Å²) in [4.78, 5) is 33.5. The van der Waals surface area contributed by atoms with Crippen molar-refractivity contribution in [3.8, 4) is 0 Å². The van der Waals surface area contributed by atoms with Gasteiger partial charge in [-0.05, 0) is 42.8 Å². The molecule has 3 heterocycles. The normalized spacial score (nSPS) is 11.5. The van der Waals surface area contributed by atoms with E-state index in [1.807, 2.05) is 49.4 Å². The first kappa shape index (κ1) is 20.4. The molecule has 11 heteroatoms. The molecule has 3 aromatic heterocycles. The van der Waals surface area contributed by atoms with Crippen LogP contribution in [0.4, 0.5) is 10.1 Å². The van der Waals surface area contributed by atoms with Gasteiger partial charge in [0.25, 0.3) is 0 Å². The van der Waals surface area contributed by atoms with Crippen LogP contribution in [-0.2, 0) is 0 Å². The average molecular weight is 480 g/mol. The first-order valence-corrected chi connectivity index (χ1v) is 11.8. The molecule has 0 bridgehead atoms. The second kappa shape index (κ2) is 8.19. The summed E-state index contributed by atoms with van der Waals surface area (Å²) in [5.74, 6) is -0.413. The highest BCUT2D eigenvalue weighted by Gasteiger charge is 2.24. The number of nitrogens with zero attached hydrogens (tertiary/aromatic N) is 5. The van der Waals surface area contributed by atoms with Crippen LogP contribution in [-0.4, -0.2) is 27.0 Å². The zero-order chi connectivity index (χ0) is 22.2. The van der Waals surface area contributed by atoms with Crippen molar-refractivity contribution in [1.82, 2.24) is 9.97 Å². The SMILES string of the molecule is Cc1ccc2nc(N(/N=C/c3ccc([N+](=O)[O-])s3)C(=O)c3nc4ccccc4s3)sc2c1. The summed E-state index contributed by atoms with van der Waals surface area (Å²) >= 11 is 3.61. The summed E-state index contributed by atoms with van der Waals surface area (Å²) in [5.41, 5.74) is 2.59. The van der Waals surface area contributed by atoms with Crippen molar-refractivity contribution in [2.45, 2.75) is 6.92 Å². The molecule has 0 atom stereocenters. The minimum atomic E-state index is -0.456. The summed E-state index contributed by atoms with van der Waals surface area (Å²) in [5, 5.41) is 17.2. The molecule has 0 spiro atoms. The number of thiophene rings is 1. The summed E-state index contributed by atoms with van der Waals surface area (Å²) in [6.07, 6.45) is 1.43. The molecule has 0 saturated heterocycles. The number of carbonyl (C=O) groups is 1. The van der Waals surface area contributed by atoms with Crippen molar-refractivity contribution < 1.29 is 9.72 Å². The average Bonchev–Trinajstić information content (AvgIpc) is 3.51. The van der Waals surface area contributed by atoms with E-state index in [4.69, 9.17) is 0 Å². The quantitative estimate of drug-likeness (QED) is 0.178. The van der Waals surface area contributed by atoms with Gasteiger partial charge in [0.05, 0.1) is 36.4 Å². The number of fused-ring (bicyclic) bond motifs is 2. The molecule has 0 radical (unpaired) electrons. The number of para-hydroxylation sites is 1. The summed E-state index contributed by atoms with van der Waals surface area (Å²) in [6.45, 7) is 1.99. The fraction of sp³-hybridized carbons (Fsp3) is 0.0476. The van der Waals surface area contributed by atoms with Crippen LogP contribution < -0.4 is 5.01 Å². The Morgan fingerprint density at radius 3 is 2.62 bits per heavy atom. The first-order chi connectivity index (χ1) is 15.5. The van der Waals surface area contributed by atoms with Crippen molar-refractivity contribution in [2.75, 3.05) is 5.01 Å². The van der Waals surface area contributed by atoms with E-state index < -0.39 is 10.8 Å². The van der Waals surface area contributed by atoms with Crippen LogP contribution in [0.25, 0.3) is 20.4 Å². The number of hydrazone groups is 1. The monoisotopic (exact) mass is 479 g/mol. The number of hydrogen-bond donors (Lipinski definition) is 0. The van der Waals surface area contributed by atoms with Gasteiger partial charge in [-0.15, -0.1) is 11.3 Å². The smallest absolute Gasteiger partial charge is 0.264 e. The van der Waals surface area contributed by atoms with Gasteiger partial charge in [-0.1, -0.05) is 40.9 Å². The number of rotatable bonds is 5. The zero-order valence-corrected chi connectivity index (χ0v) is 18.9. The number of aryl methyl sites for hydroxylation is 1. The molecule has 2 aromatic carbocycles. The number of anilines is 1. The second-order valence-corrected chi connectivity index (χ2v) is 9.88. The van der Waals surface area contributed by atoms with Crippen LogP contribution in [0.3, 0.4) is 0 Å². The molecule has 0 unspecified atom stereocenters. The van der Waals surface area contributed by atoms with Crippen LogP contribution in [0.2, 0.25) is 0 Å². The van der Waals surface area contributed by atoms with Gasteiger partial charge in [0.2, 0.25) is 5.13 Å². The first-order valence-electron chi connectivity index (χ1n) is 9.33. The lowest BCUT2D eigenvalue weighted by atomic mass is 10.2. The lowest BCUT2D eigenvalue weighted by molar-refractivity contribution is -0.380. The maximum atomic E-state index is 13.4. The molecule has 1 amide bonds. The molecule has 0 aliphatic rings. The van der Waals surface area contributed by atoms with Gasteiger partial charge in [-0.3, -0.25) is 14.9 Å². The zero-order valence-electron chi connectivity index (χ0n) is 16.5. The number of benzene rings is 2. The third-order valence-corrected chi connectivity index (χ3v) is 7.47. The van der Waals surface area contributed by atoms with Crippen LogP contribution in [0.1, 0.15) is 20.2 Å². The van der Waals surface area contributed by atoms with E-state index in [9.17, 15) is 14.9 Å². The van der Waals surface area contributed by atoms with Crippen molar-refractivity contribution in [1.29, 1.82) is 0 Å². The Hall–Kier alpha value is -3.54. The molecule has 5 rings (SSSR count). The van der Waals surface area contributed by atoms with Gasteiger partial charge in [-0.2, -0.15) is 10.1 Å². The minimum absolute atomic E-state index is 0.00552. The largest absolute Gasteiger partial charge is 0.324 e. The number of nitro groups is 1. The third kappa shape index (κ3) is 3.88. The standard InChI is InChI=1S/C21H13N5O3S3/c1-12-6-8-15-17(10-12)32-21(24-15)25(22-11-13-7-9-18(30-13)26(28)29)20(27)19-23-14-4-2-3-5-16(14)31-19/h2-11H,1H3/b22-11+. The molecule has 32 heavy (non-hydrogen) atoms. The number of aromatic nitrogens is 2.